The number of benzene rings is 2. The number of carbonyl (C=O) groups is 2. The minimum absolute atomic E-state index is 0.0299. The average molecular weight is 399 g/mol. The number of aromatic amines is 1. The van der Waals surface area contributed by atoms with E-state index in [1.807, 2.05) is 49.4 Å². The van der Waals surface area contributed by atoms with E-state index in [4.69, 9.17) is 4.42 Å². The van der Waals surface area contributed by atoms with E-state index in [-0.39, 0.29) is 30.9 Å². The molecule has 2 N–H and O–H groups in total. The van der Waals surface area contributed by atoms with Crippen molar-refractivity contribution in [1.82, 2.24) is 15.2 Å². The Morgan fingerprint density at radius 2 is 1.90 bits per heavy atom. The molecule has 0 spiro atoms. The zero-order valence-electron chi connectivity index (χ0n) is 16.5. The van der Waals surface area contributed by atoms with Gasteiger partial charge < -0.3 is 19.6 Å². The lowest BCUT2D eigenvalue weighted by atomic mass is 9.95. The first-order valence-corrected chi connectivity index (χ1v) is 9.89. The van der Waals surface area contributed by atoms with Crippen LogP contribution in [0.25, 0.3) is 10.9 Å². The highest BCUT2D eigenvalue weighted by Gasteiger charge is 2.40. The molecule has 6 heteroatoms. The van der Waals surface area contributed by atoms with E-state index in [9.17, 15) is 9.59 Å². The number of nitrogens with zero attached hydrogens (tertiary/aromatic N) is 1. The minimum Gasteiger partial charge on any atom is -0.467 e. The highest BCUT2D eigenvalue weighted by molar-refractivity contribution is 6.02. The summed E-state index contributed by atoms with van der Waals surface area (Å²) in [5.74, 6) is 0.312. The number of H-pyrrole nitrogens is 1. The topological polar surface area (TPSA) is 78.3 Å². The minimum atomic E-state index is -0.320. The molecule has 0 bridgehead atoms. The molecule has 0 unspecified atom stereocenters. The highest BCUT2D eigenvalue weighted by Crippen LogP contribution is 2.42. The van der Waals surface area contributed by atoms with Gasteiger partial charge in [0.15, 0.2) is 0 Å². The number of aromatic nitrogens is 1. The number of para-hydroxylation sites is 1. The molecule has 150 valence electrons. The first kappa shape index (κ1) is 18.2. The summed E-state index contributed by atoms with van der Waals surface area (Å²) in [6.45, 7) is 2.27. The van der Waals surface area contributed by atoms with Crippen molar-refractivity contribution in [3.63, 3.8) is 0 Å². The second-order valence-electron chi connectivity index (χ2n) is 7.49. The van der Waals surface area contributed by atoms with Crippen molar-refractivity contribution >= 4 is 22.7 Å². The molecule has 2 amide bonds. The highest BCUT2D eigenvalue weighted by atomic mass is 16.3. The number of aryl methyl sites for hydroxylation is 1. The molecule has 2 aromatic carbocycles. The van der Waals surface area contributed by atoms with E-state index >= 15 is 0 Å². The van der Waals surface area contributed by atoms with Gasteiger partial charge >= 0.3 is 0 Å². The summed E-state index contributed by atoms with van der Waals surface area (Å²) in [6.07, 6.45) is 1.57. The average Bonchev–Trinajstić information content (AvgIpc) is 3.45. The van der Waals surface area contributed by atoms with Crippen molar-refractivity contribution in [2.75, 3.05) is 6.54 Å². The molecule has 0 saturated carbocycles. The van der Waals surface area contributed by atoms with Crippen molar-refractivity contribution in [3.8, 4) is 0 Å². The van der Waals surface area contributed by atoms with Crippen LogP contribution in [-0.2, 0) is 11.3 Å². The number of rotatable bonds is 5. The van der Waals surface area contributed by atoms with Crippen molar-refractivity contribution in [3.05, 3.63) is 95.1 Å². The van der Waals surface area contributed by atoms with Crippen LogP contribution < -0.4 is 5.32 Å². The van der Waals surface area contributed by atoms with Crippen molar-refractivity contribution in [2.24, 2.45) is 0 Å². The Bertz CT molecular complexity index is 1240. The van der Waals surface area contributed by atoms with Gasteiger partial charge in [0.1, 0.15) is 12.3 Å². The number of carbonyl (C=O) groups excluding carboxylic acids is 2. The third kappa shape index (κ3) is 2.97. The van der Waals surface area contributed by atoms with Gasteiger partial charge in [-0.25, -0.2) is 0 Å². The van der Waals surface area contributed by atoms with E-state index < -0.39 is 0 Å². The quantitative estimate of drug-likeness (QED) is 0.534. The molecule has 0 saturated heterocycles. The first-order chi connectivity index (χ1) is 14.6. The molecule has 2 aromatic heterocycles. The van der Waals surface area contributed by atoms with Crippen LogP contribution >= 0.6 is 0 Å². The van der Waals surface area contributed by atoms with Gasteiger partial charge in [0.25, 0.3) is 5.91 Å². The molecule has 4 aromatic rings. The Morgan fingerprint density at radius 3 is 2.73 bits per heavy atom. The molecule has 5 rings (SSSR count). The SMILES string of the molecule is Cc1[nH]c2ccccc2c1[C@H]1c2ccccc2C(=O)N1CC(=O)NCc1ccco1. The summed E-state index contributed by atoms with van der Waals surface area (Å²) in [5, 5.41) is 3.90. The van der Waals surface area contributed by atoms with E-state index in [0.717, 1.165) is 27.7 Å². The molecule has 0 radical (unpaired) electrons. The van der Waals surface area contributed by atoms with Gasteiger partial charge in [0.05, 0.1) is 18.8 Å². The van der Waals surface area contributed by atoms with Gasteiger partial charge in [-0.2, -0.15) is 0 Å². The van der Waals surface area contributed by atoms with Crippen LogP contribution in [0.1, 0.15) is 39.0 Å². The van der Waals surface area contributed by atoms with E-state index in [2.05, 4.69) is 16.4 Å². The van der Waals surface area contributed by atoms with E-state index in [1.165, 1.54) is 0 Å². The van der Waals surface area contributed by atoms with Crippen LogP contribution in [0.3, 0.4) is 0 Å². The molecular formula is C24H21N3O3. The molecule has 3 heterocycles. The Hall–Kier alpha value is -3.80. The predicted octanol–water partition coefficient (Wildman–Crippen LogP) is 3.93. The normalized spacial score (nSPS) is 15.6. The molecule has 1 aliphatic rings. The van der Waals surface area contributed by atoms with Crippen molar-refractivity contribution < 1.29 is 14.0 Å². The van der Waals surface area contributed by atoms with Gasteiger partial charge in [-0.05, 0) is 36.8 Å². The molecule has 1 aliphatic heterocycles. The van der Waals surface area contributed by atoms with Crippen LogP contribution in [0.4, 0.5) is 0 Å². The zero-order chi connectivity index (χ0) is 20.7. The van der Waals surface area contributed by atoms with Gasteiger partial charge in [0.2, 0.25) is 5.91 Å². The van der Waals surface area contributed by atoms with Crippen LogP contribution in [0.5, 0.6) is 0 Å². The molecule has 1 atom stereocenters. The third-order valence-electron chi connectivity index (χ3n) is 5.63. The summed E-state index contributed by atoms with van der Waals surface area (Å²) in [4.78, 5) is 31.0. The lowest BCUT2D eigenvalue weighted by Crippen LogP contribution is -2.39. The summed E-state index contributed by atoms with van der Waals surface area (Å²) in [5.41, 5.74) is 4.61. The Labute approximate surface area is 173 Å². The fourth-order valence-electron chi connectivity index (χ4n) is 4.30. The van der Waals surface area contributed by atoms with Crippen LogP contribution in [0, 0.1) is 6.92 Å². The first-order valence-electron chi connectivity index (χ1n) is 9.89. The number of fused-ring (bicyclic) bond motifs is 2. The molecule has 0 fully saturated rings. The maximum absolute atomic E-state index is 13.2. The maximum atomic E-state index is 13.2. The molecule has 6 nitrogen and oxygen atoms in total. The maximum Gasteiger partial charge on any atom is 0.255 e. The lowest BCUT2D eigenvalue weighted by Gasteiger charge is -2.25. The van der Waals surface area contributed by atoms with E-state index in [1.54, 1.807) is 23.3 Å². The Kier molecular flexibility index (Phi) is 4.39. The summed E-state index contributed by atoms with van der Waals surface area (Å²) in [6, 6.07) is 18.9. The predicted molar refractivity (Wildman–Crippen MR) is 113 cm³/mol. The number of hydrogen-bond donors (Lipinski definition) is 2. The van der Waals surface area contributed by atoms with Crippen LogP contribution in [-0.4, -0.2) is 28.2 Å². The zero-order valence-corrected chi connectivity index (χ0v) is 16.5. The number of amides is 2. The summed E-state index contributed by atoms with van der Waals surface area (Å²) in [7, 11) is 0. The number of hydrogen-bond acceptors (Lipinski definition) is 3. The summed E-state index contributed by atoms with van der Waals surface area (Å²) < 4.78 is 5.27. The fraction of sp³-hybridized carbons (Fsp3) is 0.167. The van der Waals surface area contributed by atoms with Gasteiger partial charge in [0, 0.05) is 27.7 Å². The van der Waals surface area contributed by atoms with Crippen LogP contribution in [0.2, 0.25) is 0 Å². The number of nitrogens with one attached hydrogen (secondary N) is 2. The monoisotopic (exact) mass is 399 g/mol. The lowest BCUT2D eigenvalue weighted by molar-refractivity contribution is -0.122. The molecular weight excluding hydrogens is 378 g/mol. The smallest absolute Gasteiger partial charge is 0.255 e. The van der Waals surface area contributed by atoms with Crippen molar-refractivity contribution in [2.45, 2.75) is 19.5 Å². The molecule has 30 heavy (non-hydrogen) atoms. The largest absolute Gasteiger partial charge is 0.467 e. The molecule has 0 aliphatic carbocycles. The van der Waals surface area contributed by atoms with Gasteiger partial charge in [-0.15, -0.1) is 0 Å². The standard InChI is InChI=1S/C24H21N3O3/c1-15-22(19-10-4-5-11-20(19)26-15)23-17-8-2-3-9-18(17)24(29)27(23)14-21(28)25-13-16-7-6-12-30-16/h2-12,23,26H,13-14H2,1H3,(H,25,28)/t23-/m1/s1. The van der Waals surface area contributed by atoms with E-state index in [0.29, 0.717) is 11.3 Å². The second kappa shape index (κ2) is 7.22. The second-order valence-corrected chi connectivity index (χ2v) is 7.49. The third-order valence-corrected chi connectivity index (χ3v) is 5.63. The van der Waals surface area contributed by atoms with Gasteiger partial charge in [-0.3, -0.25) is 9.59 Å². The van der Waals surface area contributed by atoms with Crippen LogP contribution in [0.15, 0.2) is 71.3 Å². The number of furan rings is 1. The Balaban J connectivity index is 1.51. The van der Waals surface area contributed by atoms with Crippen molar-refractivity contribution in [1.29, 1.82) is 0 Å². The fourth-order valence-corrected chi connectivity index (χ4v) is 4.30. The Morgan fingerprint density at radius 1 is 1.10 bits per heavy atom. The summed E-state index contributed by atoms with van der Waals surface area (Å²) >= 11 is 0. The van der Waals surface area contributed by atoms with Gasteiger partial charge in [-0.1, -0.05) is 36.4 Å².